The van der Waals surface area contributed by atoms with E-state index in [-0.39, 0.29) is 11.4 Å². The Labute approximate surface area is 70.9 Å². The van der Waals surface area contributed by atoms with E-state index in [1.807, 2.05) is 13.0 Å². The Hall–Kier alpha value is -1.45. The molecule has 2 heterocycles. The molecular weight excluding hydrogens is 151 g/mol. The molecule has 0 saturated heterocycles. The van der Waals surface area contributed by atoms with Gasteiger partial charge in [-0.05, 0) is 0 Å². The number of fused-ring (bicyclic) bond motifs is 1. The number of hydrogen-bond acceptors (Lipinski definition) is 2. The zero-order valence-corrected chi connectivity index (χ0v) is 6.59. The molecule has 1 N–H and O–H groups in total. The summed E-state index contributed by atoms with van der Waals surface area (Å²) >= 11 is 0. The van der Waals surface area contributed by atoms with Crippen molar-refractivity contribution >= 4 is 24.7 Å². The first-order valence-corrected chi connectivity index (χ1v) is 3.60. The van der Waals surface area contributed by atoms with Gasteiger partial charge in [0.05, 0.1) is 0 Å². The SMILES string of the molecule is [B]=C1C(=O)Nc2nc(C)ccc21. The zero-order chi connectivity index (χ0) is 8.72. The van der Waals surface area contributed by atoms with Crippen LogP contribution in [0.1, 0.15) is 11.3 Å². The summed E-state index contributed by atoms with van der Waals surface area (Å²) in [5.74, 6) is 0.306. The third kappa shape index (κ3) is 0.880. The molecule has 0 unspecified atom stereocenters. The summed E-state index contributed by atoms with van der Waals surface area (Å²) in [7, 11) is 5.50. The third-order valence-electron chi connectivity index (χ3n) is 1.80. The van der Waals surface area contributed by atoms with E-state index in [0.717, 1.165) is 5.69 Å². The van der Waals surface area contributed by atoms with Crippen molar-refractivity contribution in [1.82, 2.24) is 4.98 Å². The van der Waals surface area contributed by atoms with Crippen molar-refractivity contribution in [3.63, 3.8) is 0 Å². The van der Waals surface area contributed by atoms with Crippen LogP contribution in [0.4, 0.5) is 5.82 Å². The molecule has 1 radical (unpaired) electrons. The van der Waals surface area contributed by atoms with Crippen molar-refractivity contribution < 1.29 is 4.79 Å². The van der Waals surface area contributed by atoms with Crippen LogP contribution in [-0.2, 0) is 4.79 Å². The van der Waals surface area contributed by atoms with Crippen LogP contribution < -0.4 is 5.32 Å². The van der Waals surface area contributed by atoms with Crippen molar-refractivity contribution in [3.05, 3.63) is 23.4 Å². The third-order valence-corrected chi connectivity index (χ3v) is 1.80. The first kappa shape index (κ1) is 7.22. The molecule has 0 saturated carbocycles. The number of rotatable bonds is 0. The van der Waals surface area contributed by atoms with Crippen LogP contribution in [0.5, 0.6) is 0 Å². The fourth-order valence-corrected chi connectivity index (χ4v) is 1.17. The number of anilines is 1. The van der Waals surface area contributed by atoms with E-state index in [0.29, 0.717) is 11.4 Å². The van der Waals surface area contributed by atoms with Crippen molar-refractivity contribution in [2.45, 2.75) is 6.92 Å². The van der Waals surface area contributed by atoms with E-state index >= 15 is 0 Å². The van der Waals surface area contributed by atoms with Gasteiger partial charge < -0.3 is 0 Å². The number of aromatic nitrogens is 1. The predicted molar refractivity (Wildman–Crippen MR) is 47.5 cm³/mol. The topological polar surface area (TPSA) is 42.0 Å². The number of carbonyl (C=O) groups is 1. The Bertz CT molecular complexity index is 387. The maximum atomic E-state index is 11.0. The molecule has 1 aromatic rings. The van der Waals surface area contributed by atoms with E-state index in [1.54, 1.807) is 6.07 Å². The van der Waals surface area contributed by atoms with Crippen LogP contribution in [-0.4, -0.2) is 23.8 Å². The molecular formula is C8H6BN2O. The van der Waals surface area contributed by atoms with E-state index in [4.69, 9.17) is 7.49 Å². The second-order valence-corrected chi connectivity index (χ2v) is 2.72. The number of carbonyl (C=O) groups excluding carboxylic acids is 1. The van der Waals surface area contributed by atoms with E-state index < -0.39 is 0 Å². The molecule has 0 fully saturated rings. The number of aryl methyl sites for hydroxylation is 1. The van der Waals surface area contributed by atoms with Crippen molar-refractivity contribution in [2.24, 2.45) is 0 Å². The summed E-state index contributed by atoms with van der Waals surface area (Å²) in [5, 5.41) is 2.58. The molecule has 0 aliphatic carbocycles. The molecule has 1 aromatic heterocycles. The summed E-state index contributed by atoms with van der Waals surface area (Å²) in [6.07, 6.45) is 0. The van der Waals surface area contributed by atoms with Gasteiger partial charge in [-0.15, -0.1) is 0 Å². The van der Waals surface area contributed by atoms with Crippen molar-refractivity contribution in [3.8, 4) is 0 Å². The predicted octanol–water partition coefficient (Wildman–Crippen LogP) is 0.0311. The molecule has 0 bridgehead atoms. The summed E-state index contributed by atoms with van der Waals surface area (Å²) in [6, 6.07) is 3.62. The van der Waals surface area contributed by atoms with Crippen molar-refractivity contribution in [2.75, 3.05) is 5.32 Å². The number of nitrogens with zero attached hydrogens (tertiary/aromatic N) is 1. The van der Waals surface area contributed by atoms with Crippen molar-refractivity contribution in [1.29, 1.82) is 0 Å². The zero-order valence-electron chi connectivity index (χ0n) is 6.59. The van der Waals surface area contributed by atoms with Crippen LogP contribution in [0, 0.1) is 6.92 Å². The van der Waals surface area contributed by atoms with Gasteiger partial charge in [0.2, 0.25) is 0 Å². The quantitative estimate of drug-likeness (QED) is 0.539. The van der Waals surface area contributed by atoms with Crippen LogP contribution >= 0.6 is 0 Å². The minimum atomic E-state index is -0.261. The Kier molecular flexibility index (Phi) is 1.36. The van der Waals surface area contributed by atoms with Crippen LogP contribution in [0.15, 0.2) is 12.1 Å². The first-order chi connectivity index (χ1) is 5.68. The molecule has 12 heavy (non-hydrogen) atoms. The molecule has 2 rings (SSSR count). The fourth-order valence-electron chi connectivity index (χ4n) is 1.17. The molecule has 3 nitrogen and oxygen atoms in total. The molecule has 57 valence electrons. The minimum absolute atomic E-state index is 0.248. The monoisotopic (exact) mass is 157 g/mol. The number of hydrogen-bond donors (Lipinski definition) is 1. The van der Waals surface area contributed by atoms with Gasteiger partial charge in [0, 0.05) is 0 Å². The van der Waals surface area contributed by atoms with Crippen LogP contribution in [0.25, 0.3) is 0 Å². The number of pyridine rings is 1. The van der Waals surface area contributed by atoms with Gasteiger partial charge in [0.25, 0.3) is 0 Å². The van der Waals surface area contributed by atoms with Gasteiger partial charge in [0.1, 0.15) is 0 Å². The molecule has 0 aromatic carbocycles. The van der Waals surface area contributed by atoms with E-state index in [9.17, 15) is 4.79 Å². The number of nitrogens with one attached hydrogen (secondary N) is 1. The molecule has 1 aliphatic heterocycles. The van der Waals surface area contributed by atoms with Gasteiger partial charge >= 0.3 is 70.1 Å². The number of amides is 1. The normalized spacial score (nSPS) is 14.3. The Balaban J connectivity index is 2.62. The van der Waals surface area contributed by atoms with E-state index in [2.05, 4.69) is 10.3 Å². The summed E-state index contributed by atoms with van der Waals surface area (Å²) < 4.78 is 0. The molecule has 1 aliphatic rings. The fraction of sp³-hybridized carbons (Fsp3) is 0.125. The molecule has 0 spiro atoms. The first-order valence-electron chi connectivity index (χ1n) is 3.60. The van der Waals surface area contributed by atoms with Crippen LogP contribution in [0.2, 0.25) is 0 Å². The second kappa shape index (κ2) is 2.27. The average molecular weight is 157 g/mol. The summed E-state index contributed by atoms with van der Waals surface area (Å²) in [4.78, 5) is 15.2. The Morgan fingerprint density at radius 2 is 2.25 bits per heavy atom. The van der Waals surface area contributed by atoms with Gasteiger partial charge in [-0.1, -0.05) is 0 Å². The summed E-state index contributed by atoms with van der Waals surface area (Å²) in [5.41, 5.74) is 1.81. The van der Waals surface area contributed by atoms with E-state index in [1.165, 1.54) is 0 Å². The maximum absolute atomic E-state index is 11.0. The average Bonchev–Trinajstić information content (AvgIpc) is 2.28. The summed E-state index contributed by atoms with van der Waals surface area (Å²) in [6.45, 7) is 1.86. The molecule has 0 atom stereocenters. The standard InChI is InChI=1S/C8H6BN2O/c1-4-2-3-5-6(9)8(12)11-7(5)10-4/h2-3H,1H3,(H,10,11,12). The van der Waals surface area contributed by atoms with Gasteiger partial charge in [-0.3, -0.25) is 0 Å². The van der Waals surface area contributed by atoms with Crippen LogP contribution in [0.3, 0.4) is 0 Å². The van der Waals surface area contributed by atoms with Gasteiger partial charge in [-0.25, -0.2) is 0 Å². The van der Waals surface area contributed by atoms with Gasteiger partial charge in [0.15, 0.2) is 0 Å². The second-order valence-electron chi connectivity index (χ2n) is 2.72. The molecule has 1 amide bonds. The Morgan fingerprint density at radius 1 is 1.50 bits per heavy atom. The molecule has 4 heteroatoms. The van der Waals surface area contributed by atoms with Gasteiger partial charge in [-0.2, -0.15) is 0 Å². The Morgan fingerprint density at radius 3 is 3.00 bits per heavy atom.